The third-order valence-corrected chi connectivity index (χ3v) is 4.21. The Morgan fingerprint density at radius 3 is 2.68 bits per heavy atom. The minimum absolute atomic E-state index is 0.153. The summed E-state index contributed by atoms with van der Waals surface area (Å²) in [5.41, 5.74) is 0.413. The van der Waals surface area contributed by atoms with Crippen LogP contribution in [0.15, 0.2) is 28.7 Å². The van der Waals surface area contributed by atoms with E-state index in [2.05, 4.69) is 15.9 Å². The van der Waals surface area contributed by atoms with Crippen molar-refractivity contribution in [3.8, 4) is 0 Å². The van der Waals surface area contributed by atoms with Crippen LogP contribution >= 0.6 is 15.9 Å². The molecule has 0 radical (unpaired) electrons. The van der Waals surface area contributed by atoms with E-state index >= 15 is 0 Å². The van der Waals surface area contributed by atoms with E-state index in [0.717, 1.165) is 29.4 Å². The molecule has 1 saturated heterocycles. The lowest BCUT2D eigenvalue weighted by Gasteiger charge is -2.22. The maximum Gasteiger partial charge on any atom is 0.226 e. The van der Waals surface area contributed by atoms with E-state index < -0.39 is 5.60 Å². The number of hydrogen-bond donors (Lipinski definition) is 1. The first-order valence-corrected chi connectivity index (χ1v) is 7.50. The molecule has 1 heterocycles. The van der Waals surface area contributed by atoms with Crippen LogP contribution in [0.4, 0.5) is 0 Å². The summed E-state index contributed by atoms with van der Waals surface area (Å²) in [5, 5.41) is 10.0. The van der Waals surface area contributed by atoms with Crippen molar-refractivity contribution in [1.82, 2.24) is 4.90 Å². The Kier molecular flexibility index (Phi) is 4.63. The number of carbonyl (C=O) groups excluding carboxylic acids is 1. The van der Waals surface area contributed by atoms with Gasteiger partial charge in [-0.3, -0.25) is 4.79 Å². The molecule has 1 amide bonds. The zero-order chi connectivity index (χ0) is 13.9. The Morgan fingerprint density at radius 1 is 1.32 bits per heavy atom. The summed E-state index contributed by atoms with van der Waals surface area (Å²) in [5.74, 6) is 0.153. The summed E-state index contributed by atoms with van der Waals surface area (Å²) >= 11 is 3.39. The van der Waals surface area contributed by atoms with Gasteiger partial charge in [-0.05, 0) is 43.9 Å². The molecule has 3 nitrogen and oxygen atoms in total. The molecule has 0 bridgehead atoms. The average molecular weight is 326 g/mol. The van der Waals surface area contributed by atoms with E-state index in [1.807, 2.05) is 36.1 Å². The minimum atomic E-state index is -0.618. The second-order valence-corrected chi connectivity index (χ2v) is 6.45. The van der Waals surface area contributed by atoms with Gasteiger partial charge in [-0.2, -0.15) is 0 Å². The number of nitrogens with zero attached hydrogens (tertiary/aromatic N) is 1. The number of likely N-dealkylation sites (tertiary alicyclic amines) is 1. The molecule has 1 aromatic carbocycles. The molecule has 104 valence electrons. The van der Waals surface area contributed by atoms with Gasteiger partial charge >= 0.3 is 0 Å². The molecule has 0 aliphatic carbocycles. The Morgan fingerprint density at radius 2 is 2.00 bits per heavy atom. The first-order chi connectivity index (χ1) is 8.96. The fraction of sp³-hybridized carbons (Fsp3) is 0.533. The van der Waals surface area contributed by atoms with Crippen molar-refractivity contribution in [3.63, 3.8) is 0 Å². The second-order valence-electron chi connectivity index (χ2n) is 5.53. The number of benzene rings is 1. The molecule has 2 rings (SSSR count). The summed E-state index contributed by atoms with van der Waals surface area (Å²) in [4.78, 5) is 14.1. The van der Waals surface area contributed by atoms with Gasteiger partial charge in [0, 0.05) is 17.6 Å². The fourth-order valence-corrected chi connectivity index (χ4v) is 2.67. The molecule has 0 spiro atoms. The zero-order valence-corrected chi connectivity index (χ0v) is 12.8. The topological polar surface area (TPSA) is 40.5 Å². The van der Waals surface area contributed by atoms with Crippen LogP contribution in [-0.2, 0) is 11.2 Å². The van der Waals surface area contributed by atoms with Crippen LogP contribution in [0.2, 0.25) is 0 Å². The first-order valence-electron chi connectivity index (χ1n) is 6.71. The van der Waals surface area contributed by atoms with Gasteiger partial charge in [0.05, 0.1) is 12.0 Å². The SMILES string of the molecule is CC1(O)CCCN(C(=O)Cc2ccc(Br)cc2)CC1. The van der Waals surface area contributed by atoms with Gasteiger partial charge in [-0.25, -0.2) is 0 Å². The van der Waals surface area contributed by atoms with Crippen molar-refractivity contribution >= 4 is 21.8 Å². The average Bonchev–Trinajstić information content (AvgIpc) is 2.53. The van der Waals surface area contributed by atoms with Crippen molar-refractivity contribution < 1.29 is 9.90 Å². The van der Waals surface area contributed by atoms with Crippen LogP contribution in [0.5, 0.6) is 0 Å². The fourth-order valence-electron chi connectivity index (χ4n) is 2.40. The van der Waals surface area contributed by atoms with Gasteiger partial charge in [0.15, 0.2) is 0 Å². The number of halogens is 1. The Labute approximate surface area is 122 Å². The summed E-state index contributed by atoms with van der Waals surface area (Å²) in [6.07, 6.45) is 2.75. The smallest absolute Gasteiger partial charge is 0.226 e. The Bertz CT molecular complexity index is 442. The highest BCUT2D eigenvalue weighted by Gasteiger charge is 2.26. The predicted molar refractivity (Wildman–Crippen MR) is 78.9 cm³/mol. The van der Waals surface area contributed by atoms with Crippen LogP contribution in [-0.4, -0.2) is 34.6 Å². The lowest BCUT2D eigenvalue weighted by Crippen LogP contribution is -2.34. The van der Waals surface area contributed by atoms with Crippen LogP contribution in [0.1, 0.15) is 31.7 Å². The van der Waals surface area contributed by atoms with Crippen LogP contribution in [0.25, 0.3) is 0 Å². The van der Waals surface area contributed by atoms with Gasteiger partial charge in [0.25, 0.3) is 0 Å². The van der Waals surface area contributed by atoms with Crippen LogP contribution in [0, 0.1) is 0 Å². The Balaban J connectivity index is 1.94. The largest absolute Gasteiger partial charge is 0.390 e. The predicted octanol–water partition coefficient (Wildman–Crippen LogP) is 2.76. The van der Waals surface area contributed by atoms with Gasteiger partial charge in [-0.15, -0.1) is 0 Å². The minimum Gasteiger partial charge on any atom is -0.390 e. The summed E-state index contributed by atoms with van der Waals surface area (Å²) in [6, 6.07) is 7.84. The van der Waals surface area contributed by atoms with Crippen molar-refractivity contribution in [2.75, 3.05) is 13.1 Å². The maximum absolute atomic E-state index is 12.2. The summed E-state index contributed by atoms with van der Waals surface area (Å²) in [6.45, 7) is 3.27. The van der Waals surface area contributed by atoms with E-state index in [0.29, 0.717) is 19.4 Å². The number of rotatable bonds is 2. The number of amides is 1. The van der Waals surface area contributed by atoms with E-state index in [1.54, 1.807) is 0 Å². The maximum atomic E-state index is 12.2. The number of aliphatic hydroxyl groups is 1. The van der Waals surface area contributed by atoms with Crippen molar-refractivity contribution in [2.24, 2.45) is 0 Å². The highest BCUT2D eigenvalue weighted by Crippen LogP contribution is 2.22. The standard InChI is InChI=1S/C15H20BrNO2/c1-15(19)7-2-9-17(10-8-15)14(18)11-12-3-5-13(16)6-4-12/h3-6,19H,2,7-11H2,1H3. The van der Waals surface area contributed by atoms with E-state index in [9.17, 15) is 9.90 Å². The normalized spacial score (nSPS) is 24.1. The number of carbonyl (C=O) groups is 1. The summed E-state index contributed by atoms with van der Waals surface area (Å²) in [7, 11) is 0. The van der Waals surface area contributed by atoms with E-state index in [-0.39, 0.29) is 5.91 Å². The molecular formula is C15H20BrNO2. The molecule has 1 fully saturated rings. The van der Waals surface area contributed by atoms with Crippen molar-refractivity contribution in [3.05, 3.63) is 34.3 Å². The molecule has 0 saturated carbocycles. The van der Waals surface area contributed by atoms with Crippen LogP contribution < -0.4 is 0 Å². The van der Waals surface area contributed by atoms with Gasteiger partial charge in [0.1, 0.15) is 0 Å². The second kappa shape index (κ2) is 6.06. The van der Waals surface area contributed by atoms with E-state index in [1.165, 1.54) is 0 Å². The Hall–Kier alpha value is -0.870. The zero-order valence-electron chi connectivity index (χ0n) is 11.2. The molecule has 1 aliphatic heterocycles. The molecule has 1 atom stereocenters. The monoisotopic (exact) mass is 325 g/mol. The van der Waals surface area contributed by atoms with Crippen LogP contribution in [0.3, 0.4) is 0 Å². The van der Waals surface area contributed by atoms with Crippen molar-refractivity contribution in [1.29, 1.82) is 0 Å². The van der Waals surface area contributed by atoms with Gasteiger partial charge in [0.2, 0.25) is 5.91 Å². The molecule has 1 aromatic rings. The highest BCUT2D eigenvalue weighted by molar-refractivity contribution is 9.10. The van der Waals surface area contributed by atoms with Gasteiger partial charge < -0.3 is 10.0 Å². The van der Waals surface area contributed by atoms with Gasteiger partial charge in [-0.1, -0.05) is 28.1 Å². The van der Waals surface area contributed by atoms with Crippen molar-refractivity contribution in [2.45, 2.75) is 38.2 Å². The third-order valence-electron chi connectivity index (χ3n) is 3.69. The van der Waals surface area contributed by atoms with E-state index in [4.69, 9.17) is 0 Å². The number of hydrogen-bond acceptors (Lipinski definition) is 2. The first kappa shape index (κ1) is 14.5. The molecule has 1 N–H and O–H groups in total. The molecule has 19 heavy (non-hydrogen) atoms. The lowest BCUT2D eigenvalue weighted by molar-refractivity contribution is -0.130. The lowest BCUT2D eigenvalue weighted by atomic mass is 9.98. The summed E-state index contributed by atoms with van der Waals surface area (Å²) < 4.78 is 1.02. The molecule has 1 aliphatic rings. The molecule has 0 aromatic heterocycles. The molecule has 1 unspecified atom stereocenters. The quantitative estimate of drug-likeness (QED) is 0.908. The molecular weight excluding hydrogens is 306 g/mol. The highest BCUT2D eigenvalue weighted by atomic mass is 79.9. The molecule has 4 heteroatoms. The third kappa shape index (κ3) is 4.32.